The number of ether oxygens (including phenoxy) is 2. The highest BCUT2D eigenvalue weighted by molar-refractivity contribution is 5.94. The zero-order chi connectivity index (χ0) is 24.5. The van der Waals surface area contributed by atoms with E-state index in [1.807, 2.05) is 47.4 Å². The molecule has 3 aromatic rings. The molecule has 0 N–H and O–H groups in total. The van der Waals surface area contributed by atoms with Gasteiger partial charge in [-0.3, -0.25) is 14.7 Å². The molecule has 2 amide bonds. The van der Waals surface area contributed by atoms with Crippen LogP contribution >= 0.6 is 0 Å². The van der Waals surface area contributed by atoms with Crippen molar-refractivity contribution in [2.24, 2.45) is 0 Å². The van der Waals surface area contributed by atoms with E-state index in [0.29, 0.717) is 43.9 Å². The zero-order valence-corrected chi connectivity index (χ0v) is 19.9. The number of piperidine rings is 1. The van der Waals surface area contributed by atoms with Crippen LogP contribution in [0.5, 0.6) is 5.88 Å². The molecule has 8 heteroatoms. The van der Waals surface area contributed by atoms with Crippen molar-refractivity contribution < 1.29 is 19.1 Å². The summed E-state index contributed by atoms with van der Waals surface area (Å²) >= 11 is 0. The van der Waals surface area contributed by atoms with E-state index in [1.54, 1.807) is 29.4 Å². The monoisotopic (exact) mass is 472 g/mol. The Morgan fingerprint density at radius 1 is 1.06 bits per heavy atom. The Balaban J connectivity index is 1.43. The number of likely N-dealkylation sites (tertiary alicyclic amines) is 1. The van der Waals surface area contributed by atoms with Gasteiger partial charge < -0.3 is 14.4 Å². The first kappa shape index (κ1) is 22.8. The Bertz CT molecular complexity index is 1190. The molecule has 180 valence electrons. The average Bonchev–Trinajstić information content (AvgIpc) is 3.11. The fraction of sp³-hybridized carbons (Fsp3) is 0.333. The highest BCUT2D eigenvalue weighted by Crippen LogP contribution is 2.52. The number of amides is 2. The summed E-state index contributed by atoms with van der Waals surface area (Å²) in [6.45, 7) is 3.41. The third kappa shape index (κ3) is 3.88. The van der Waals surface area contributed by atoms with Gasteiger partial charge in [0, 0.05) is 50.6 Å². The van der Waals surface area contributed by atoms with Crippen molar-refractivity contribution >= 4 is 12.0 Å². The Labute approximate surface area is 204 Å². The second-order valence-electron chi connectivity index (χ2n) is 9.13. The van der Waals surface area contributed by atoms with Crippen LogP contribution in [0, 0.1) is 0 Å². The Morgan fingerprint density at radius 2 is 1.83 bits per heavy atom. The molecule has 2 aliphatic heterocycles. The minimum absolute atomic E-state index is 0.0899. The maximum atomic E-state index is 13.3. The van der Waals surface area contributed by atoms with Gasteiger partial charge in [-0.05, 0) is 30.2 Å². The third-order valence-electron chi connectivity index (χ3n) is 7.38. The van der Waals surface area contributed by atoms with Gasteiger partial charge in [0.2, 0.25) is 5.88 Å². The predicted molar refractivity (Wildman–Crippen MR) is 129 cm³/mol. The van der Waals surface area contributed by atoms with Gasteiger partial charge in [0.1, 0.15) is 11.1 Å². The number of methoxy groups -OCH3 is 1. The fourth-order valence-corrected chi connectivity index (χ4v) is 5.30. The summed E-state index contributed by atoms with van der Waals surface area (Å²) in [7, 11) is 1.54. The van der Waals surface area contributed by atoms with Crippen molar-refractivity contribution in [1.82, 2.24) is 19.8 Å². The number of pyridine rings is 2. The number of hydrogen-bond donors (Lipinski definition) is 0. The van der Waals surface area contributed by atoms with Crippen molar-refractivity contribution in [2.75, 3.05) is 20.2 Å². The number of hydrogen-bond acceptors (Lipinski definition) is 6. The third-order valence-corrected chi connectivity index (χ3v) is 7.38. The second-order valence-corrected chi connectivity index (χ2v) is 9.13. The normalized spacial score (nSPS) is 21.1. The largest absolute Gasteiger partial charge is 0.481 e. The highest BCUT2D eigenvalue weighted by Gasteiger charge is 2.63. The van der Waals surface area contributed by atoms with E-state index in [2.05, 4.69) is 16.9 Å². The van der Waals surface area contributed by atoms with E-state index in [1.165, 1.54) is 13.3 Å². The minimum Gasteiger partial charge on any atom is -0.481 e. The molecule has 4 heterocycles. The maximum Gasteiger partial charge on any atom is 0.411 e. The van der Waals surface area contributed by atoms with Crippen LogP contribution in [-0.2, 0) is 16.8 Å². The van der Waals surface area contributed by atoms with E-state index in [0.717, 1.165) is 11.1 Å². The van der Waals surface area contributed by atoms with Crippen LogP contribution in [0.1, 0.15) is 41.3 Å². The first-order valence-electron chi connectivity index (χ1n) is 11.7. The summed E-state index contributed by atoms with van der Waals surface area (Å²) in [5, 5.41) is 0. The van der Waals surface area contributed by atoms with E-state index >= 15 is 0 Å². The molecule has 1 spiro atoms. The lowest BCUT2D eigenvalue weighted by molar-refractivity contribution is -0.0551. The summed E-state index contributed by atoms with van der Waals surface area (Å²) in [5.74, 6) is 0.373. The van der Waals surface area contributed by atoms with Crippen molar-refractivity contribution in [3.8, 4) is 5.88 Å². The minimum atomic E-state index is -0.761. The van der Waals surface area contributed by atoms with Gasteiger partial charge in [0.05, 0.1) is 19.2 Å². The number of carbonyl (C=O) groups excluding carboxylic acids is 2. The Hall–Kier alpha value is -3.94. The molecule has 2 aliphatic rings. The zero-order valence-electron chi connectivity index (χ0n) is 19.9. The molecule has 35 heavy (non-hydrogen) atoms. The van der Waals surface area contributed by atoms with Gasteiger partial charge in [-0.15, -0.1) is 0 Å². The van der Waals surface area contributed by atoms with Gasteiger partial charge in [-0.1, -0.05) is 36.4 Å². The quantitative estimate of drug-likeness (QED) is 0.558. The summed E-state index contributed by atoms with van der Waals surface area (Å²) in [6, 6.07) is 17.2. The molecule has 1 aromatic carbocycles. The highest BCUT2D eigenvalue weighted by atomic mass is 16.6. The van der Waals surface area contributed by atoms with Crippen LogP contribution in [0.4, 0.5) is 4.79 Å². The van der Waals surface area contributed by atoms with Crippen molar-refractivity contribution in [1.29, 1.82) is 0 Å². The molecule has 5 rings (SSSR count). The summed E-state index contributed by atoms with van der Waals surface area (Å²) in [4.78, 5) is 38.4. The molecule has 0 radical (unpaired) electrons. The number of carbonyl (C=O) groups is 2. The summed E-state index contributed by atoms with van der Waals surface area (Å²) in [6.07, 6.45) is 5.73. The lowest BCUT2D eigenvalue weighted by atomic mass is 9.70. The van der Waals surface area contributed by atoms with Gasteiger partial charge in [-0.25, -0.2) is 9.78 Å². The van der Waals surface area contributed by atoms with E-state index in [9.17, 15) is 9.59 Å². The topological polar surface area (TPSA) is 84.9 Å². The molecule has 0 aliphatic carbocycles. The molecule has 8 nitrogen and oxygen atoms in total. The van der Waals surface area contributed by atoms with Crippen molar-refractivity contribution in [3.63, 3.8) is 0 Å². The van der Waals surface area contributed by atoms with E-state index in [4.69, 9.17) is 9.47 Å². The predicted octanol–water partition coefficient (Wildman–Crippen LogP) is 4.03. The molecule has 0 bridgehead atoms. The molecular formula is C27H28N4O4. The van der Waals surface area contributed by atoms with Gasteiger partial charge >= 0.3 is 6.09 Å². The number of benzene rings is 1. The lowest BCUT2D eigenvalue weighted by Crippen LogP contribution is -2.58. The molecule has 2 fully saturated rings. The SMILES string of the molecule is COc1ccc(C(=O)N2CCC3(CC2)OC(=O)N(Cc2cccnc2)C3(C)c2ccccc2)cn1. The van der Waals surface area contributed by atoms with Crippen LogP contribution in [0.2, 0.25) is 0 Å². The average molecular weight is 473 g/mol. The Morgan fingerprint density at radius 3 is 2.46 bits per heavy atom. The maximum absolute atomic E-state index is 13.3. The van der Waals surface area contributed by atoms with Crippen molar-refractivity contribution in [2.45, 2.75) is 37.5 Å². The van der Waals surface area contributed by atoms with Crippen LogP contribution in [0.15, 0.2) is 73.2 Å². The van der Waals surface area contributed by atoms with Gasteiger partial charge in [-0.2, -0.15) is 0 Å². The van der Waals surface area contributed by atoms with E-state index < -0.39 is 11.1 Å². The van der Waals surface area contributed by atoms with Crippen molar-refractivity contribution in [3.05, 3.63) is 89.9 Å². The molecule has 1 atom stereocenters. The Kier molecular flexibility index (Phi) is 5.88. The van der Waals surface area contributed by atoms with Gasteiger partial charge in [0.25, 0.3) is 5.91 Å². The van der Waals surface area contributed by atoms with Crippen LogP contribution in [0.25, 0.3) is 0 Å². The summed E-state index contributed by atoms with van der Waals surface area (Å²) in [5.41, 5.74) is 0.979. The fourth-order valence-electron chi connectivity index (χ4n) is 5.30. The van der Waals surface area contributed by atoms with E-state index in [-0.39, 0.29) is 12.0 Å². The molecule has 1 unspecified atom stereocenters. The number of aromatic nitrogens is 2. The second kappa shape index (κ2) is 9.02. The molecular weight excluding hydrogens is 444 g/mol. The molecule has 2 saturated heterocycles. The first-order chi connectivity index (χ1) is 17.0. The summed E-state index contributed by atoms with van der Waals surface area (Å²) < 4.78 is 11.3. The van der Waals surface area contributed by atoms with Crippen LogP contribution < -0.4 is 4.74 Å². The molecule has 0 saturated carbocycles. The van der Waals surface area contributed by atoms with Crippen LogP contribution in [0.3, 0.4) is 0 Å². The number of nitrogens with zero attached hydrogens (tertiary/aromatic N) is 4. The lowest BCUT2D eigenvalue weighted by Gasteiger charge is -2.48. The first-order valence-corrected chi connectivity index (χ1v) is 11.7. The smallest absolute Gasteiger partial charge is 0.411 e. The molecule has 2 aromatic heterocycles. The van der Waals surface area contributed by atoms with Gasteiger partial charge in [0.15, 0.2) is 0 Å². The number of rotatable bonds is 5. The standard InChI is InChI=1S/C27H28N4O4/c1-26(22-8-4-3-5-9-22)27(35-25(33)31(26)19-20-7-6-14-28-17-20)12-15-30(16-13-27)24(32)21-10-11-23(34-2)29-18-21/h3-11,14,17-18H,12-13,15-16,19H2,1-2H3. The van der Waals surface area contributed by atoms with Crippen LogP contribution in [-0.4, -0.2) is 57.6 Å².